The van der Waals surface area contributed by atoms with Crippen molar-refractivity contribution in [2.75, 3.05) is 40.0 Å². The molecule has 8 heteroatoms. The summed E-state index contributed by atoms with van der Waals surface area (Å²) < 4.78 is 25.1. The Balaban J connectivity index is 1.53. The van der Waals surface area contributed by atoms with Crippen LogP contribution in [0.3, 0.4) is 0 Å². The van der Waals surface area contributed by atoms with E-state index in [-0.39, 0.29) is 36.8 Å². The third-order valence-electron chi connectivity index (χ3n) is 5.85. The van der Waals surface area contributed by atoms with E-state index in [4.69, 9.17) is 9.47 Å². The Bertz CT molecular complexity index is 1120. The van der Waals surface area contributed by atoms with Crippen LogP contribution in [0, 0.1) is 5.82 Å². The van der Waals surface area contributed by atoms with Gasteiger partial charge in [0.1, 0.15) is 13.2 Å². The first kappa shape index (κ1) is 23.9. The summed E-state index contributed by atoms with van der Waals surface area (Å²) in [5.41, 5.74) is 1.53. The quantitative estimate of drug-likeness (QED) is 0.459. The smallest absolute Gasteiger partial charge is 0.254 e. The summed E-state index contributed by atoms with van der Waals surface area (Å²) >= 11 is 1.65. The van der Waals surface area contributed by atoms with Crippen LogP contribution >= 0.6 is 11.3 Å². The molecule has 178 valence electrons. The molecule has 2 aromatic carbocycles. The molecule has 6 nitrogen and oxygen atoms in total. The van der Waals surface area contributed by atoms with Gasteiger partial charge >= 0.3 is 0 Å². The van der Waals surface area contributed by atoms with Crippen molar-refractivity contribution in [1.29, 1.82) is 0 Å². The van der Waals surface area contributed by atoms with E-state index in [9.17, 15) is 14.0 Å². The number of carbonyl (C=O) groups is 2. The average Bonchev–Trinajstić information content (AvgIpc) is 3.35. The summed E-state index contributed by atoms with van der Waals surface area (Å²) in [6, 6.07) is 16.8. The van der Waals surface area contributed by atoms with E-state index < -0.39 is 5.82 Å². The van der Waals surface area contributed by atoms with Crippen molar-refractivity contribution >= 4 is 23.2 Å². The predicted molar refractivity (Wildman–Crippen MR) is 129 cm³/mol. The molecule has 0 bridgehead atoms. The minimum absolute atomic E-state index is 0.0766. The lowest BCUT2D eigenvalue weighted by Crippen LogP contribution is -2.48. The summed E-state index contributed by atoms with van der Waals surface area (Å²) in [7, 11) is 1.56. The van der Waals surface area contributed by atoms with Crippen LogP contribution in [0.4, 0.5) is 4.39 Å². The lowest BCUT2D eigenvalue weighted by molar-refractivity contribution is -0.135. The number of benzene rings is 2. The normalized spacial score (nSPS) is 15.0. The summed E-state index contributed by atoms with van der Waals surface area (Å²) in [4.78, 5) is 31.0. The number of ether oxygens (including phenoxy) is 2. The fraction of sp³-hybridized carbons (Fsp3) is 0.308. The minimum atomic E-state index is -0.444. The van der Waals surface area contributed by atoms with Crippen LogP contribution in [0.5, 0.6) is 5.75 Å². The number of thiophene rings is 1. The number of hydrogen-bond donors (Lipinski definition) is 0. The molecule has 0 saturated heterocycles. The second kappa shape index (κ2) is 11.3. The lowest BCUT2D eigenvalue weighted by Gasteiger charge is -2.37. The Morgan fingerprint density at radius 1 is 1.12 bits per heavy atom. The number of methoxy groups -OCH3 is 1. The summed E-state index contributed by atoms with van der Waals surface area (Å²) in [6.07, 6.45) is 0.736. The number of halogens is 1. The van der Waals surface area contributed by atoms with Crippen molar-refractivity contribution in [2.45, 2.75) is 12.5 Å². The van der Waals surface area contributed by atoms with E-state index in [1.165, 1.54) is 15.8 Å². The molecule has 1 aromatic heterocycles. The van der Waals surface area contributed by atoms with Crippen LogP contribution in [0.15, 0.2) is 66.0 Å². The van der Waals surface area contributed by atoms with Crippen molar-refractivity contribution in [1.82, 2.24) is 9.80 Å². The number of fused-ring (bicyclic) bond motifs is 1. The van der Waals surface area contributed by atoms with Gasteiger partial charge in [0.25, 0.3) is 5.91 Å². The zero-order chi connectivity index (χ0) is 23.9. The van der Waals surface area contributed by atoms with E-state index >= 15 is 0 Å². The Morgan fingerprint density at radius 3 is 2.65 bits per heavy atom. The van der Waals surface area contributed by atoms with Crippen LogP contribution in [0.1, 0.15) is 26.8 Å². The van der Waals surface area contributed by atoms with Crippen molar-refractivity contribution in [2.24, 2.45) is 0 Å². The monoisotopic (exact) mass is 482 g/mol. The number of amides is 2. The van der Waals surface area contributed by atoms with Crippen molar-refractivity contribution in [3.8, 4) is 5.75 Å². The average molecular weight is 483 g/mol. The molecule has 2 amide bonds. The Morgan fingerprint density at radius 2 is 1.88 bits per heavy atom. The molecular weight excluding hydrogens is 455 g/mol. The SMILES string of the molecule is COCCN(CC(=O)N1CCc2sccc2C1COc1ccccc1F)C(=O)c1ccccc1. The first-order valence-electron chi connectivity index (χ1n) is 11.1. The van der Waals surface area contributed by atoms with E-state index in [0.717, 1.165) is 12.0 Å². The molecular formula is C26H27FN2O4S. The van der Waals surface area contributed by atoms with Gasteiger partial charge < -0.3 is 19.3 Å². The molecule has 2 heterocycles. The topological polar surface area (TPSA) is 59.1 Å². The molecule has 1 aliphatic rings. The highest BCUT2D eigenvalue weighted by Gasteiger charge is 2.33. The predicted octanol–water partition coefficient (Wildman–Crippen LogP) is 4.18. The van der Waals surface area contributed by atoms with Gasteiger partial charge in [-0.15, -0.1) is 11.3 Å². The molecule has 1 unspecified atom stereocenters. The zero-order valence-corrected chi connectivity index (χ0v) is 19.8. The van der Waals surface area contributed by atoms with E-state index in [1.807, 2.05) is 17.5 Å². The second-order valence-corrected chi connectivity index (χ2v) is 8.98. The van der Waals surface area contributed by atoms with E-state index in [1.54, 1.807) is 65.8 Å². The third kappa shape index (κ3) is 5.46. The summed E-state index contributed by atoms with van der Waals surface area (Å²) in [5.74, 6) is -0.697. The van der Waals surface area contributed by atoms with Gasteiger partial charge in [-0.25, -0.2) is 4.39 Å². The lowest BCUT2D eigenvalue weighted by atomic mass is 10.0. The molecule has 3 aromatic rings. The molecule has 0 aliphatic carbocycles. The first-order valence-corrected chi connectivity index (χ1v) is 12.0. The molecule has 1 aliphatic heterocycles. The summed E-state index contributed by atoms with van der Waals surface area (Å²) in [6.45, 7) is 1.17. The second-order valence-electron chi connectivity index (χ2n) is 7.98. The Kier molecular flexibility index (Phi) is 7.92. The number of para-hydroxylation sites is 1. The molecule has 0 N–H and O–H groups in total. The number of carbonyl (C=O) groups excluding carboxylic acids is 2. The summed E-state index contributed by atoms with van der Waals surface area (Å²) in [5, 5.41) is 2.00. The minimum Gasteiger partial charge on any atom is -0.488 e. The van der Waals surface area contributed by atoms with Crippen LogP contribution in [0.2, 0.25) is 0 Å². The maximum absolute atomic E-state index is 14.1. The van der Waals surface area contributed by atoms with E-state index in [0.29, 0.717) is 25.3 Å². The number of nitrogens with zero attached hydrogens (tertiary/aromatic N) is 2. The van der Waals surface area contributed by atoms with Gasteiger partial charge in [0.05, 0.1) is 12.6 Å². The van der Waals surface area contributed by atoms with Gasteiger partial charge in [0.15, 0.2) is 11.6 Å². The molecule has 0 spiro atoms. The molecule has 1 atom stereocenters. The maximum atomic E-state index is 14.1. The Labute approximate surface area is 202 Å². The molecule has 0 fully saturated rings. The number of hydrogen-bond acceptors (Lipinski definition) is 5. The first-order chi connectivity index (χ1) is 16.6. The molecule has 34 heavy (non-hydrogen) atoms. The van der Waals surface area contributed by atoms with Gasteiger partial charge in [-0.3, -0.25) is 9.59 Å². The van der Waals surface area contributed by atoms with Crippen LogP contribution in [-0.2, 0) is 16.0 Å². The zero-order valence-electron chi connectivity index (χ0n) is 19.0. The molecule has 4 rings (SSSR count). The van der Waals surface area contributed by atoms with Gasteiger partial charge in [-0.05, 0) is 47.7 Å². The molecule has 0 radical (unpaired) electrons. The fourth-order valence-corrected chi connectivity index (χ4v) is 5.00. The molecule has 0 saturated carbocycles. The van der Waals surface area contributed by atoms with Gasteiger partial charge in [0.2, 0.25) is 5.91 Å². The standard InChI is InChI=1S/C26H27FN2O4S/c1-32-15-14-28(26(31)19-7-3-2-4-8-19)17-25(30)29-13-11-24-20(12-16-34-24)22(29)18-33-23-10-6-5-9-21(23)27/h2-10,12,16,22H,11,13-15,17-18H2,1H3. The largest absolute Gasteiger partial charge is 0.488 e. The highest BCUT2D eigenvalue weighted by atomic mass is 32.1. The van der Waals surface area contributed by atoms with E-state index in [2.05, 4.69) is 0 Å². The van der Waals surface area contributed by atoms with Gasteiger partial charge in [0, 0.05) is 30.6 Å². The van der Waals surface area contributed by atoms with Crippen LogP contribution < -0.4 is 4.74 Å². The van der Waals surface area contributed by atoms with Crippen molar-refractivity contribution < 1.29 is 23.5 Å². The van der Waals surface area contributed by atoms with Gasteiger partial charge in [-0.1, -0.05) is 30.3 Å². The van der Waals surface area contributed by atoms with Gasteiger partial charge in [-0.2, -0.15) is 0 Å². The fourth-order valence-electron chi connectivity index (χ4n) is 4.08. The maximum Gasteiger partial charge on any atom is 0.254 e. The van der Waals surface area contributed by atoms with Crippen molar-refractivity contribution in [3.05, 3.63) is 87.9 Å². The highest BCUT2D eigenvalue weighted by molar-refractivity contribution is 7.10. The van der Waals surface area contributed by atoms with Crippen LogP contribution in [-0.4, -0.2) is 61.6 Å². The highest BCUT2D eigenvalue weighted by Crippen LogP contribution is 2.34. The number of rotatable bonds is 9. The third-order valence-corrected chi connectivity index (χ3v) is 6.84. The van der Waals surface area contributed by atoms with Crippen LogP contribution in [0.25, 0.3) is 0 Å². The van der Waals surface area contributed by atoms with Crippen molar-refractivity contribution in [3.63, 3.8) is 0 Å². The Hall–Kier alpha value is -3.23.